The lowest BCUT2D eigenvalue weighted by atomic mass is 9.89. The third-order valence-corrected chi connectivity index (χ3v) is 3.40. The van der Waals surface area contributed by atoms with E-state index in [-0.39, 0.29) is 0 Å². The van der Waals surface area contributed by atoms with Gasteiger partial charge in [0.15, 0.2) is 0 Å². The number of benzene rings is 1. The zero-order valence-electron chi connectivity index (χ0n) is 10.5. The largest absolute Gasteiger partial charge is 0.385 e. The molecule has 2 rings (SSSR count). The van der Waals surface area contributed by atoms with Crippen LogP contribution in [-0.2, 0) is 12.0 Å². The lowest BCUT2D eigenvalue weighted by Crippen LogP contribution is -2.24. The van der Waals surface area contributed by atoms with Crippen LogP contribution in [0.3, 0.4) is 0 Å². The third-order valence-electron chi connectivity index (χ3n) is 3.06. The molecule has 0 aliphatic heterocycles. The molecule has 94 valence electrons. The molecule has 1 heterocycles. The van der Waals surface area contributed by atoms with Gasteiger partial charge in [0.25, 0.3) is 0 Å². The maximum Gasteiger partial charge on any atom is 0.0909 e. The van der Waals surface area contributed by atoms with Crippen molar-refractivity contribution in [1.29, 1.82) is 0 Å². The van der Waals surface area contributed by atoms with E-state index in [0.717, 1.165) is 11.1 Å². The third kappa shape index (κ3) is 2.89. The standard InChI is InChI=1S/C15H16ClNO/c1-11-3-5-13(6-4-11)15(2,18)9-12-7-8-17-10-14(12)16/h3-8,10,18H,9H2,1-2H3. The van der Waals surface area contributed by atoms with E-state index in [1.807, 2.05) is 37.3 Å². The van der Waals surface area contributed by atoms with Crippen molar-refractivity contribution in [3.8, 4) is 0 Å². The van der Waals surface area contributed by atoms with E-state index in [9.17, 15) is 5.11 Å². The summed E-state index contributed by atoms with van der Waals surface area (Å²) in [6.07, 6.45) is 3.76. The van der Waals surface area contributed by atoms with E-state index in [2.05, 4.69) is 4.98 Å². The molecule has 0 bridgehead atoms. The number of aromatic nitrogens is 1. The molecule has 0 saturated carbocycles. The zero-order valence-corrected chi connectivity index (χ0v) is 11.3. The minimum Gasteiger partial charge on any atom is -0.385 e. The highest BCUT2D eigenvalue weighted by Crippen LogP contribution is 2.28. The number of halogens is 1. The second-order valence-corrected chi connectivity index (χ2v) is 5.19. The molecule has 0 aliphatic carbocycles. The van der Waals surface area contributed by atoms with Crippen LogP contribution in [0.25, 0.3) is 0 Å². The van der Waals surface area contributed by atoms with Crippen molar-refractivity contribution in [2.45, 2.75) is 25.9 Å². The Bertz CT molecular complexity index is 534. The van der Waals surface area contributed by atoms with Crippen LogP contribution >= 0.6 is 11.6 Å². The van der Waals surface area contributed by atoms with Gasteiger partial charge in [-0.15, -0.1) is 0 Å². The van der Waals surface area contributed by atoms with E-state index >= 15 is 0 Å². The predicted molar refractivity (Wildman–Crippen MR) is 73.7 cm³/mol. The zero-order chi connectivity index (χ0) is 13.2. The highest BCUT2D eigenvalue weighted by atomic mass is 35.5. The highest BCUT2D eigenvalue weighted by molar-refractivity contribution is 6.31. The average Bonchev–Trinajstić information content (AvgIpc) is 2.32. The number of rotatable bonds is 3. The van der Waals surface area contributed by atoms with Gasteiger partial charge in [-0.3, -0.25) is 4.98 Å². The summed E-state index contributed by atoms with van der Waals surface area (Å²) in [6.45, 7) is 3.83. The molecule has 0 amide bonds. The van der Waals surface area contributed by atoms with Crippen LogP contribution in [0.15, 0.2) is 42.7 Å². The quantitative estimate of drug-likeness (QED) is 0.917. The molecule has 1 aromatic heterocycles. The molecule has 3 heteroatoms. The molecule has 18 heavy (non-hydrogen) atoms. The highest BCUT2D eigenvalue weighted by Gasteiger charge is 2.24. The minimum atomic E-state index is -0.932. The fraction of sp³-hybridized carbons (Fsp3) is 0.267. The predicted octanol–water partition coefficient (Wildman–Crippen LogP) is 3.49. The Hall–Kier alpha value is -1.38. The first kappa shape index (κ1) is 13.1. The molecule has 2 nitrogen and oxygen atoms in total. The molecule has 0 saturated heterocycles. The van der Waals surface area contributed by atoms with Gasteiger partial charge in [0.1, 0.15) is 0 Å². The SMILES string of the molecule is Cc1ccc(C(C)(O)Cc2ccncc2Cl)cc1. The Morgan fingerprint density at radius 1 is 1.22 bits per heavy atom. The topological polar surface area (TPSA) is 33.1 Å². The van der Waals surface area contributed by atoms with E-state index in [1.165, 1.54) is 5.56 Å². The summed E-state index contributed by atoms with van der Waals surface area (Å²) in [6, 6.07) is 9.73. The smallest absolute Gasteiger partial charge is 0.0909 e. The van der Waals surface area contributed by atoms with Crippen LogP contribution in [0.4, 0.5) is 0 Å². The van der Waals surface area contributed by atoms with Crippen LogP contribution in [0.2, 0.25) is 5.02 Å². The molecule has 0 fully saturated rings. The van der Waals surface area contributed by atoms with Crippen LogP contribution in [0.5, 0.6) is 0 Å². The van der Waals surface area contributed by atoms with Gasteiger partial charge in [-0.05, 0) is 31.0 Å². The van der Waals surface area contributed by atoms with E-state index in [4.69, 9.17) is 11.6 Å². The Kier molecular flexibility index (Phi) is 3.69. The van der Waals surface area contributed by atoms with Crippen LogP contribution in [0, 0.1) is 6.92 Å². The molecule has 1 atom stereocenters. The molecule has 1 aromatic carbocycles. The molecular formula is C15H16ClNO. The van der Waals surface area contributed by atoms with E-state index < -0.39 is 5.60 Å². The van der Waals surface area contributed by atoms with Crippen molar-refractivity contribution in [2.24, 2.45) is 0 Å². The summed E-state index contributed by atoms with van der Waals surface area (Å²) in [4.78, 5) is 3.95. The van der Waals surface area contributed by atoms with Gasteiger partial charge < -0.3 is 5.11 Å². The number of hydrogen-bond acceptors (Lipinski definition) is 2. The summed E-state index contributed by atoms with van der Waals surface area (Å²) in [7, 11) is 0. The van der Waals surface area contributed by atoms with Gasteiger partial charge in [-0.2, -0.15) is 0 Å². The second-order valence-electron chi connectivity index (χ2n) is 4.78. The number of aliphatic hydroxyl groups is 1. The van der Waals surface area contributed by atoms with E-state index in [1.54, 1.807) is 19.3 Å². The molecular weight excluding hydrogens is 246 g/mol. The first-order valence-electron chi connectivity index (χ1n) is 5.87. The summed E-state index contributed by atoms with van der Waals surface area (Å²) < 4.78 is 0. The molecule has 2 aromatic rings. The number of aryl methyl sites for hydroxylation is 1. The lowest BCUT2D eigenvalue weighted by molar-refractivity contribution is 0.0576. The van der Waals surface area contributed by atoms with Crippen LogP contribution < -0.4 is 0 Å². The lowest BCUT2D eigenvalue weighted by Gasteiger charge is -2.24. The van der Waals surface area contributed by atoms with Gasteiger partial charge in [-0.1, -0.05) is 41.4 Å². The van der Waals surface area contributed by atoms with Crippen molar-refractivity contribution >= 4 is 11.6 Å². The second kappa shape index (κ2) is 5.09. The van der Waals surface area contributed by atoms with E-state index in [0.29, 0.717) is 11.4 Å². The monoisotopic (exact) mass is 261 g/mol. The van der Waals surface area contributed by atoms with Crippen molar-refractivity contribution in [3.63, 3.8) is 0 Å². The molecule has 1 N–H and O–H groups in total. The first-order valence-corrected chi connectivity index (χ1v) is 6.25. The Morgan fingerprint density at radius 3 is 2.50 bits per heavy atom. The van der Waals surface area contributed by atoms with Crippen molar-refractivity contribution < 1.29 is 5.11 Å². The number of nitrogens with zero attached hydrogens (tertiary/aromatic N) is 1. The number of pyridine rings is 1. The molecule has 1 unspecified atom stereocenters. The number of hydrogen-bond donors (Lipinski definition) is 1. The van der Waals surface area contributed by atoms with Crippen molar-refractivity contribution in [1.82, 2.24) is 4.98 Å². The summed E-state index contributed by atoms with van der Waals surface area (Å²) in [5, 5.41) is 11.2. The van der Waals surface area contributed by atoms with Gasteiger partial charge in [-0.25, -0.2) is 0 Å². The molecule has 0 aliphatic rings. The Balaban J connectivity index is 2.27. The fourth-order valence-corrected chi connectivity index (χ4v) is 2.12. The van der Waals surface area contributed by atoms with Gasteiger partial charge >= 0.3 is 0 Å². The average molecular weight is 262 g/mol. The van der Waals surface area contributed by atoms with Gasteiger partial charge in [0, 0.05) is 18.8 Å². The van der Waals surface area contributed by atoms with Gasteiger partial charge in [0.05, 0.1) is 10.6 Å². The van der Waals surface area contributed by atoms with Crippen molar-refractivity contribution in [2.75, 3.05) is 0 Å². The fourth-order valence-electron chi connectivity index (χ4n) is 1.93. The first-order chi connectivity index (χ1) is 8.49. The molecule has 0 spiro atoms. The van der Waals surface area contributed by atoms with Crippen LogP contribution in [-0.4, -0.2) is 10.1 Å². The normalized spacial score (nSPS) is 14.2. The maximum atomic E-state index is 10.6. The Morgan fingerprint density at radius 2 is 1.89 bits per heavy atom. The summed E-state index contributed by atoms with van der Waals surface area (Å²) in [5.74, 6) is 0. The van der Waals surface area contributed by atoms with Crippen molar-refractivity contribution in [3.05, 3.63) is 64.4 Å². The summed E-state index contributed by atoms with van der Waals surface area (Å²) in [5.41, 5.74) is 2.04. The Labute approximate surface area is 112 Å². The van der Waals surface area contributed by atoms with Crippen LogP contribution in [0.1, 0.15) is 23.6 Å². The summed E-state index contributed by atoms with van der Waals surface area (Å²) >= 11 is 6.07. The minimum absolute atomic E-state index is 0.470. The maximum absolute atomic E-state index is 10.6. The van der Waals surface area contributed by atoms with Gasteiger partial charge in [0.2, 0.25) is 0 Å². The molecule has 0 radical (unpaired) electrons.